The zero-order valence-corrected chi connectivity index (χ0v) is 18.2. The number of nitrogens with zero attached hydrogens (tertiary/aromatic N) is 4. The first kappa shape index (κ1) is 20.3. The molecule has 0 aliphatic carbocycles. The molecule has 0 spiro atoms. The molecule has 0 unspecified atom stereocenters. The minimum Gasteiger partial charge on any atom is -0.397 e. The van der Waals surface area contributed by atoms with Gasteiger partial charge in [0.15, 0.2) is 0 Å². The number of para-hydroxylation sites is 1. The molecular formula is C25H33N5O. The second-order valence-electron chi connectivity index (χ2n) is 9.25. The molecule has 0 atom stereocenters. The molecule has 2 saturated heterocycles. The van der Waals surface area contributed by atoms with Gasteiger partial charge in [-0.15, -0.1) is 0 Å². The average molecular weight is 420 g/mol. The molecule has 1 amide bonds. The van der Waals surface area contributed by atoms with Crippen LogP contribution in [0.3, 0.4) is 0 Å². The van der Waals surface area contributed by atoms with Crippen LogP contribution in [0.1, 0.15) is 36.8 Å². The fourth-order valence-corrected chi connectivity index (χ4v) is 5.56. The van der Waals surface area contributed by atoms with E-state index in [-0.39, 0.29) is 5.92 Å². The summed E-state index contributed by atoms with van der Waals surface area (Å²) in [5.74, 6) is 0.554. The van der Waals surface area contributed by atoms with Crippen molar-refractivity contribution >= 4 is 17.3 Å². The maximum absolute atomic E-state index is 13.2. The van der Waals surface area contributed by atoms with Crippen LogP contribution in [0.25, 0.3) is 0 Å². The lowest BCUT2D eigenvalue weighted by Crippen LogP contribution is -2.49. The van der Waals surface area contributed by atoms with Crippen molar-refractivity contribution in [3.05, 3.63) is 53.9 Å². The number of anilines is 2. The highest BCUT2D eigenvalue weighted by Gasteiger charge is 2.33. The van der Waals surface area contributed by atoms with Crippen molar-refractivity contribution in [2.75, 3.05) is 43.4 Å². The number of hydrogen-bond donors (Lipinski definition) is 1. The molecular weight excluding hydrogens is 386 g/mol. The molecule has 4 heterocycles. The minimum absolute atomic E-state index is 0.176. The van der Waals surface area contributed by atoms with Gasteiger partial charge >= 0.3 is 0 Å². The lowest BCUT2D eigenvalue weighted by atomic mass is 9.93. The molecule has 2 N–H and O–H groups in total. The molecule has 31 heavy (non-hydrogen) atoms. The summed E-state index contributed by atoms with van der Waals surface area (Å²) in [4.78, 5) is 24.4. The number of nitrogens with two attached hydrogens (primary N) is 1. The van der Waals surface area contributed by atoms with E-state index in [4.69, 9.17) is 5.73 Å². The number of likely N-dealkylation sites (tertiary alicyclic amines) is 2. The third-order valence-corrected chi connectivity index (χ3v) is 7.42. The number of hydrogen-bond acceptors (Lipinski definition) is 5. The van der Waals surface area contributed by atoms with Crippen LogP contribution in [0.15, 0.2) is 42.7 Å². The Morgan fingerprint density at radius 2 is 1.77 bits per heavy atom. The number of fused-ring (bicyclic) bond motifs is 1. The second kappa shape index (κ2) is 8.87. The van der Waals surface area contributed by atoms with Gasteiger partial charge in [-0.05, 0) is 68.5 Å². The Bertz CT molecular complexity index is 916. The third kappa shape index (κ3) is 4.26. The zero-order valence-electron chi connectivity index (χ0n) is 18.2. The third-order valence-electron chi connectivity index (χ3n) is 7.42. The van der Waals surface area contributed by atoms with Crippen LogP contribution in [0.5, 0.6) is 0 Å². The quantitative estimate of drug-likeness (QED) is 0.825. The number of amides is 1. The van der Waals surface area contributed by atoms with Crippen molar-refractivity contribution in [3.8, 4) is 0 Å². The Labute approximate surface area is 185 Å². The van der Waals surface area contributed by atoms with E-state index in [2.05, 4.69) is 43.9 Å². The number of aromatic nitrogens is 1. The normalized spacial score (nSPS) is 20.8. The summed E-state index contributed by atoms with van der Waals surface area (Å²) < 4.78 is 0. The Hall–Kier alpha value is -2.60. The average Bonchev–Trinajstić information content (AvgIpc) is 3.25. The van der Waals surface area contributed by atoms with Crippen molar-refractivity contribution < 1.29 is 4.79 Å². The van der Waals surface area contributed by atoms with Gasteiger partial charge in [0, 0.05) is 50.0 Å². The highest BCUT2D eigenvalue weighted by atomic mass is 16.2. The van der Waals surface area contributed by atoms with Gasteiger partial charge in [0.2, 0.25) is 5.91 Å². The summed E-state index contributed by atoms with van der Waals surface area (Å²) >= 11 is 0. The molecule has 6 nitrogen and oxygen atoms in total. The molecule has 2 aromatic rings. The van der Waals surface area contributed by atoms with Crippen molar-refractivity contribution in [3.63, 3.8) is 0 Å². The maximum atomic E-state index is 13.2. The Kier molecular flexibility index (Phi) is 5.81. The Morgan fingerprint density at radius 1 is 1.00 bits per heavy atom. The van der Waals surface area contributed by atoms with Crippen LogP contribution in [-0.4, -0.2) is 59.5 Å². The van der Waals surface area contributed by atoms with E-state index in [1.807, 2.05) is 6.07 Å². The van der Waals surface area contributed by atoms with Gasteiger partial charge in [-0.2, -0.15) is 0 Å². The summed E-state index contributed by atoms with van der Waals surface area (Å²) in [5, 5.41) is 0. The Morgan fingerprint density at radius 3 is 2.55 bits per heavy atom. The summed E-state index contributed by atoms with van der Waals surface area (Å²) in [5.41, 5.74) is 10.8. The number of carbonyl (C=O) groups excluding carboxylic acids is 1. The molecule has 3 aliphatic rings. The monoisotopic (exact) mass is 419 g/mol. The second-order valence-corrected chi connectivity index (χ2v) is 9.25. The van der Waals surface area contributed by atoms with Crippen LogP contribution in [0.2, 0.25) is 0 Å². The topological polar surface area (TPSA) is 65.7 Å². The van der Waals surface area contributed by atoms with Gasteiger partial charge in [-0.3, -0.25) is 14.7 Å². The molecule has 2 fully saturated rings. The molecule has 1 aromatic heterocycles. The summed E-state index contributed by atoms with van der Waals surface area (Å²) in [6.45, 7) is 5.68. The number of piperidine rings is 2. The molecule has 6 heteroatoms. The van der Waals surface area contributed by atoms with Crippen molar-refractivity contribution in [1.82, 2.24) is 14.8 Å². The molecule has 0 saturated carbocycles. The molecule has 0 radical (unpaired) electrons. The van der Waals surface area contributed by atoms with E-state index in [1.165, 1.54) is 11.3 Å². The van der Waals surface area contributed by atoms with E-state index in [0.29, 0.717) is 11.9 Å². The molecule has 0 bridgehead atoms. The number of nitrogen functional groups attached to an aromatic ring is 1. The smallest absolute Gasteiger partial charge is 0.225 e. The highest BCUT2D eigenvalue weighted by Crippen LogP contribution is 2.33. The summed E-state index contributed by atoms with van der Waals surface area (Å²) in [7, 11) is 0. The predicted octanol–water partition coefficient (Wildman–Crippen LogP) is 2.93. The van der Waals surface area contributed by atoms with Crippen LogP contribution in [-0.2, 0) is 17.8 Å². The lowest BCUT2D eigenvalue weighted by Gasteiger charge is -2.40. The van der Waals surface area contributed by atoms with Crippen molar-refractivity contribution in [2.24, 2.45) is 5.92 Å². The maximum Gasteiger partial charge on any atom is 0.225 e. The summed E-state index contributed by atoms with van der Waals surface area (Å²) in [6, 6.07) is 11.4. The van der Waals surface area contributed by atoms with Crippen LogP contribution >= 0.6 is 0 Å². The van der Waals surface area contributed by atoms with Crippen molar-refractivity contribution in [1.29, 1.82) is 0 Å². The van der Waals surface area contributed by atoms with E-state index >= 15 is 0 Å². The lowest BCUT2D eigenvalue weighted by molar-refractivity contribution is -0.138. The SMILES string of the molecule is Nc1cnccc1CN1CCC(C(=O)N2CCC(N3CCc4ccccc43)CC2)CC1. The van der Waals surface area contributed by atoms with Gasteiger partial charge < -0.3 is 15.5 Å². The van der Waals surface area contributed by atoms with E-state index in [1.54, 1.807) is 12.4 Å². The first-order valence-electron chi connectivity index (χ1n) is 11.7. The standard InChI is InChI=1S/C25H33N5O/c26-23-17-27-11-5-21(23)18-28-12-6-20(7-13-28)25(31)29-14-9-22(10-15-29)30-16-8-19-3-1-2-4-24(19)30/h1-5,11,17,20,22H,6-10,12-16,18,26H2. The van der Waals surface area contributed by atoms with Gasteiger partial charge in [0.05, 0.1) is 11.9 Å². The fourth-order valence-electron chi connectivity index (χ4n) is 5.56. The largest absolute Gasteiger partial charge is 0.397 e. The van der Waals surface area contributed by atoms with E-state index < -0.39 is 0 Å². The Balaban J connectivity index is 1.10. The molecule has 1 aromatic carbocycles. The number of pyridine rings is 1. The van der Waals surface area contributed by atoms with Crippen LogP contribution in [0, 0.1) is 5.92 Å². The highest BCUT2D eigenvalue weighted by molar-refractivity contribution is 5.79. The van der Waals surface area contributed by atoms with Gasteiger partial charge in [0.25, 0.3) is 0 Å². The first-order chi connectivity index (χ1) is 15.2. The number of benzene rings is 1. The van der Waals surface area contributed by atoms with Crippen molar-refractivity contribution in [2.45, 2.75) is 44.7 Å². The first-order valence-corrected chi connectivity index (χ1v) is 11.7. The van der Waals surface area contributed by atoms with Gasteiger partial charge in [-0.25, -0.2) is 0 Å². The van der Waals surface area contributed by atoms with Crippen LogP contribution in [0.4, 0.5) is 11.4 Å². The fraction of sp³-hybridized carbons (Fsp3) is 0.520. The minimum atomic E-state index is 0.176. The van der Waals surface area contributed by atoms with E-state index in [0.717, 1.165) is 82.6 Å². The van der Waals surface area contributed by atoms with Gasteiger partial charge in [-0.1, -0.05) is 18.2 Å². The number of rotatable bonds is 4. The molecule has 164 valence electrons. The predicted molar refractivity (Wildman–Crippen MR) is 124 cm³/mol. The summed E-state index contributed by atoms with van der Waals surface area (Å²) in [6.07, 6.45) is 8.73. The van der Waals surface area contributed by atoms with E-state index in [9.17, 15) is 4.79 Å². The molecule has 5 rings (SSSR count). The number of carbonyl (C=O) groups is 1. The van der Waals surface area contributed by atoms with Gasteiger partial charge in [0.1, 0.15) is 0 Å². The van der Waals surface area contributed by atoms with Crippen LogP contribution < -0.4 is 10.6 Å². The zero-order chi connectivity index (χ0) is 21.2. The molecule has 3 aliphatic heterocycles.